The Bertz CT molecular complexity index is 2300. The molecule has 6 unspecified atom stereocenters. The highest BCUT2D eigenvalue weighted by molar-refractivity contribution is 9.10. The molecule has 4 aliphatic rings. The molecule has 2 heterocycles. The number of phenolic OH excluding ortho intramolecular Hbond substituents is 1. The van der Waals surface area contributed by atoms with Gasteiger partial charge in [0.15, 0.2) is 0 Å². The van der Waals surface area contributed by atoms with Crippen molar-refractivity contribution in [1.82, 2.24) is 5.01 Å². The lowest BCUT2D eigenvalue weighted by Gasteiger charge is -2.50. The standard InChI is InChI=1S/C39H28BrClFN3O8/c40-19-3-14-30(46)28(15-19)33-24-12-13-26-32(36(50)44(34(26)48)23-10-11-25(37(51)52)31(47)16-23)27(24)17-29-35(49)45(43-22-8-6-21(42)7-9-22)38(53)39(29,33)18-1-4-20(41)5-2-18/h1-12,14-16,26-27,29,32-33,43,46-47H,13,17H2,(H,51,52). The van der Waals surface area contributed by atoms with Crippen molar-refractivity contribution in [3.63, 3.8) is 0 Å². The van der Waals surface area contributed by atoms with Gasteiger partial charge in [-0.1, -0.05) is 51.3 Å². The van der Waals surface area contributed by atoms with E-state index in [9.17, 15) is 38.9 Å². The smallest absolute Gasteiger partial charge is 0.339 e. The number of carboxylic acid groups (broad SMARTS) is 1. The molecule has 1 saturated carbocycles. The fraction of sp³-hybridized carbons (Fsp3) is 0.205. The minimum absolute atomic E-state index is 0.00671. The number of carboxylic acids is 1. The van der Waals surface area contributed by atoms with Crippen molar-refractivity contribution in [3.8, 4) is 11.5 Å². The van der Waals surface area contributed by atoms with Crippen molar-refractivity contribution in [2.45, 2.75) is 24.2 Å². The van der Waals surface area contributed by atoms with Crippen LogP contribution in [-0.2, 0) is 24.6 Å². The first-order chi connectivity index (χ1) is 25.3. The van der Waals surface area contributed by atoms with Crippen LogP contribution in [0.25, 0.3) is 0 Å². The third-order valence-electron chi connectivity index (χ3n) is 11.0. The summed E-state index contributed by atoms with van der Waals surface area (Å²) in [7, 11) is 0. The minimum atomic E-state index is -1.69. The van der Waals surface area contributed by atoms with Crippen LogP contribution in [0, 0.1) is 29.5 Å². The van der Waals surface area contributed by atoms with E-state index in [4.69, 9.17) is 11.6 Å². The number of benzene rings is 4. The van der Waals surface area contributed by atoms with Crippen molar-refractivity contribution in [2.75, 3.05) is 10.3 Å². The molecule has 2 saturated heterocycles. The number of aromatic carboxylic acids is 1. The van der Waals surface area contributed by atoms with Crippen molar-refractivity contribution < 1.29 is 43.7 Å². The first-order valence-electron chi connectivity index (χ1n) is 16.6. The molecule has 53 heavy (non-hydrogen) atoms. The summed E-state index contributed by atoms with van der Waals surface area (Å²) in [5, 5.41) is 32.6. The Hall–Kier alpha value is -5.53. The number of nitrogens with zero attached hydrogens (tertiary/aromatic N) is 2. The Balaban J connectivity index is 1.31. The molecule has 4 amide bonds. The molecule has 8 rings (SSSR count). The number of phenols is 2. The predicted octanol–water partition coefficient (Wildman–Crippen LogP) is 6.54. The number of hydrogen-bond donors (Lipinski definition) is 4. The molecule has 0 spiro atoms. The number of allylic oxidation sites excluding steroid dienone is 2. The summed E-state index contributed by atoms with van der Waals surface area (Å²) in [5.74, 6) is -9.91. The summed E-state index contributed by atoms with van der Waals surface area (Å²) in [5.41, 5.74) is 2.37. The summed E-state index contributed by atoms with van der Waals surface area (Å²) < 4.78 is 14.4. The number of hydrogen-bond acceptors (Lipinski definition) is 8. The fourth-order valence-electron chi connectivity index (χ4n) is 8.85. The highest BCUT2D eigenvalue weighted by Gasteiger charge is 2.70. The molecule has 14 heteroatoms. The van der Waals surface area contributed by atoms with Crippen LogP contribution >= 0.6 is 27.5 Å². The van der Waals surface area contributed by atoms with Crippen molar-refractivity contribution in [1.29, 1.82) is 0 Å². The molecule has 0 aromatic heterocycles. The number of nitrogens with one attached hydrogen (secondary N) is 1. The van der Waals surface area contributed by atoms with Crippen LogP contribution in [0.3, 0.4) is 0 Å². The Labute approximate surface area is 314 Å². The van der Waals surface area contributed by atoms with Gasteiger partial charge < -0.3 is 15.3 Å². The van der Waals surface area contributed by atoms with Gasteiger partial charge in [0.1, 0.15) is 22.9 Å². The molecule has 0 radical (unpaired) electrons. The van der Waals surface area contributed by atoms with E-state index in [0.29, 0.717) is 26.2 Å². The van der Waals surface area contributed by atoms with Gasteiger partial charge in [-0.3, -0.25) is 24.6 Å². The van der Waals surface area contributed by atoms with Crippen molar-refractivity contribution in [2.24, 2.45) is 23.7 Å². The van der Waals surface area contributed by atoms with Gasteiger partial charge in [-0.05, 0) is 91.1 Å². The second-order valence-electron chi connectivity index (χ2n) is 13.6. The maximum absolute atomic E-state index is 15.2. The molecule has 4 N–H and O–H groups in total. The molecule has 3 fully saturated rings. The second kappa shape index (κ2) is 12.6. The molecule has 6 atom stereocenters. The minimum Gasteiger partial charge on any atom is -0.508 e. The first-order valence-corrected chi connectivity index (χ1v) is 17.8. The van der Waals surface area contributed by atoms with Gasteiger partial charge in [0, 0.05) is 27.0 Å². The number of imide groups is 2. The lowest BCUT2D eigenvalue weighted by atomic mass is 9.49. The average Bonchev–Trinajstić information content (AvgIpc) is 3.51. The van der Waals surface area contributed by atoms with Crippen LogP contribution < -0.4 is 10.3 Å². The zero-order valence-electron chi connectivity index (χ0n) is 27.4. The van der Waals surface area contributed by atoms with Crippen LogP contribution in [-0.4, -0.2) is 49.9 Å². The number of carbonyl (C=O) groups excluding carboxylic acids is 4. The highest BCUT2D eigenvalue weighted by atomic mass is 79.9. The third-order valence-corrected chi connectivity index (χ3v) is 11.8. The number of rotatable bonds is 6. The van der Waals surface area contributed by atoms with E-state index in [1.807, 2.05) is 6.08 Å². The summed E-state index contributed by atoms with van der Waals surface area (Å²) in [4.78, 5) is 70.9. The van der Waals surface area contributed by atoms with Crippen LogP contribution in [0.5, 0.6) is 11.5 Å². The van der Waals surface area contributed by atoms with Crippen molar-refractivity contribution >= 4 is 68.5 Å². The van der Waals surface area contributed by atoms with E-state index in [1.165, 1.54) is 36.4 Å². The molecule has 0 bridgehead atoms. The number of hydrazine groups is 1. The normalized spacial score (nSPS) is 26.2. The van der Waals surface area contributed by atoms with Crippen LogP contribution in [0.15, 0.2) is 101 Å². The summed E-state index contributed by atoms with van der Waals surface area (Å²) in [6.07, 6.45) is 1.87. The monoisotopic (exact) mass is 799 g/mol. The van der Waals surface area contributed by atoms with E-state index in [0.717, 1.165) is 22.0 Å². The molecule has 268 valence electrons. The lowest BCUT2D eigenvalue weighted by molar-refractivity contribution is -0.138. The zero-order valence-corrected chi connectivity index (χ0v) is 29.7. The van der Waals surface area contributed by atoms with E-state index >= 15 is 4.79 Å². The van der Waals surface area contributed by atoms with E-state index in [-0.39, 0.29) is 30.0 Å². The highest BCUT2D eigenvalue weighted by Crippen LogP contribution is 2.65. The van der Waals surface area contributed by atoms with Gasteiger partial charge in [-0.15, -0.1) is 0 Å². The SMILES string of the molecule is O=C(O)c1ccc(N2C(=O)C3CC=C4C(CC5C(=O)N(Nc6ccc(F)cc6)C(=O)C5(c5ccc(Cl)cc5)C4c4cc(Br)ccc4O)C3C2=O)cc1O. The molecular weight excluding hydrogens is 773 g/mol. The fourth-order valence-corrected chi connectivity index (χ4v) is 9.36. The number of anilines is 2. The Morgan fingerprint density at radius 2 is 1.58 bits per heavy atom. The number of amides is 4. The number of aromatic hydroxyl groups is 2. The Morgan fingerprint density at radius 1 is 0.868 bits per heavy atom. The van der Waals surface area contributed by atoms with Gasteiger partial charge >= 0.3 is 5.97 Å². The zero-order chi connectivity index (χ0) is 37.5. The first kappa shape index (κ1) is 34.6. The number of fused-ring (bicyclic) bond motifs is 4. The second-order valence-corrected chi connectivity index (χ2v) is 14.9. The molecule has 4 aromatic rings. The molecule has 2 aliphatic carbocycles. The summed E-state index contributed by atoms with van der Waals surface area (Å²) >= 11 is 9.82. The number of halogens is 3. The molecule has 11 nitrogen and oxygen atoms in total. The molecule has 2 aliphatic heterocycles. The van der Waals surface area contributed by atoms with Gasteiger partial charge in [0.05, 0.1) is 34.5 Å². The van der Waals surface area contributed by atoms with E-state index in [1.54, 1.807) is 36.4 Å². The Kier molecular flexibility index (Phi) is 8.19. The summed E-state index contributed by atoms with van der Waals surface area (Å²) in [6, 6.07) is 19.9. The van der Waals surface area contributed by atoms with Gasteiger partial charge in [-0.2, -0.15) is 5.01 Å². The number of carbonyl (C=O) groups is 5. The van der Waals surface area contributed by atoms with E-state index in [2.05, 4.69) is 21.4 Å². The maximum Gasteiger partial charge on any atom is 0.339 e. The van der Waals surface area contributed by atoms with Gasteiger partial charge in [0.2, 0.25) is 11.8 Å². The average molecular weight is 801 g/mol. The van der Waals surface area contributed by atoms with Gasteiger partial charge in [-0.25, -0.2) is 14.1 Å². The lowest BCUT2D eigenvalue weighted by Crippen LogP contribution is -2.53. The molecular formula is C39H28BrClFN3O8. The van der Waals surface area contributed by atoms with Crippen LogP contribution in [0.4, 0.5) is 15.8 Å². The Morgan fingerprint density at radius 3 is 2.26 bits per heavy atom. The van der Waals surface area contributed by atoms with E-state index < -0.39 is 81.7 Å². The third kappa shape index (κ3) is 5.16. The van der Waals surface area contributed by atoms with Gasteiger partial charge in [0.25, 0.3) is 11.8 Å². The van der Waals surface area contributed by atoms with Crippen molar-refractivity contribution in [3.05, 3.63) is 129 Å². The topological polar surface area (TPSA) is 165 Å². The largest absolute Gasteiger partial charge is 0.508 e. The predicted molar refractivity (Wildman–Crippen MR) is 192 cm³/mol. The van der Waals surface area contributed by atoms with Crippen LogP contribution in [0.2, 0.25) is 5.02 Å². The maximum atomic E-state index is 15.2. The quantitative estimate of drug-likeness (QED) is 0.125. The summed E-state index contributed by atoms with van der Waals surface area (Å²) in [6.45, 7) is 0. The van der Waals surface area contributed by atoms with Crippen LogP contribution in [0.1, 0.15) is 40.2 Å². The molecule has 4 aromatic carbocycles.